The molecule has 2 aromatic rings. The Hall–Kier alpha value is -3.07. The van der Waals surface area contributed by atoms with Crippen molar-refractivity contribution in [3.05, 3.63) is 58.0 Å². The van der Waals surface area contributed by atoms with Crippen molar-refractivity contribution in [2.75, 3.05) is 5.32 Å². The van der Waals surface area contributed by atoms with Crippen LogP contribution in [-0.4, -0.2) is 16.4 Å². The van der Waals surface area contributed by atoms with E-state index in [4.69, 9.17) is 10.5 Å². The first-order valence-electron chi connectivity index (χ1n) is 5.41. The van der Waals surface area contributed by atoms with E-state index in [9.17, 15) is 4.79 Å². The number of oxime groups is 1. The van der Waals surface area contributed by atoms with E-state index in [-0.39, 0.29) is 5.56 Å². The fourth-order valence-corrected chi connectivity index (χ4v) is 1.62. The van der Waals surface area contributed by atoms with Crippen molar-refractivity contribution in [2.24, 2.45) is 5.16 Å². The van der Waals surface area contributed by atoms with E-state index in [0.717, 1.165) is 11.9 Å². The Morgan fingerprint density at radius 2 is 2.11 bits per heavy atom. The smallest absolute Gasteiger partial charge is 0.268 e. The summed E-state index contributed by atoms with van der Waals surface area (Å²) in [5, 5.41) is 23.6. The zero-order chi connectivity index (χ0) is 13.7. The fourth-order valence-electron chi connectivity index (χ4n) is 1.62. The Bertz CT molecular complexity index is 699. The Morgan fingerprint density at radius 1 is 1.37 bits per heavy atom. The number of pyridine rings is 1. The van der Waals surface area contributed by atoms with Crippen molar-refractivity contribution >= 4 is 17.6 Å². The minimum Gasteiger partial charge on any atom is -0.411 e. The maximum Gasteiger partial charge on any atom is 0.268 e. The fraction of sp³-hybridized carbons (Fsp3) is 0. The third kappa shape index (κ3) is 2.61. The second kappa shape index (κ2) is 5.51. The number of rotatable bonds is 3. The zero-order valence-corrected chi connectivity index (χ0v) is 9.79. The molecule has 94 valence electrons. The highest BCUT2D eigenvalue weighted by Gasteiger charge is 2.11. The van der Waals surface area contributed by atoms with E-state index in [1.807, 2.05) is 24.3 Å². The molecule has 6 heteroatoms. The van der Waals surface area contributed by atoms with Gasteiger partial charge in [-0.2, -0.15) is 5.26 Å². The van der Waals surface area contributed by atoms with Gasteiger partial charge in [-0.3, -0.25) is 4.79 Å². The maximum atomic E-state index is 11.6. The molecule has 1 heterocycles. The van der Waals surface area contributed by atoms with Crippen LogP contribution in [0.1, 0.15) is 11.1 Å². The minimum absolute atomic E-state index is 0.0683. The van der Waals surface area contributed by atoms with Crippen molar-refractivity contribution in [3.8, 4) is 6.07 Å². The van der Waals surface area contributed by atoms with Crippen LogP contribution < -0.4 is 10.9 Å². The Kier molecular flexibility index (Phi) is 3.59. The molecule has 0 amide bonds. The van der Waals surface area contributed by atoms with Crippen LogP contribution in [-0.2, 0) is 0 Å². The summed E-state index contributed by atoms with van der Waals surface area (Å²) in [4.78, 5) is 14.0. The van der Waals surface area contributed by atoms with Gasteiger partial charge in [0.15, 0.2) is 0 Å². The Labute approximate surface area is 108 Å². The first-order chi connectivity index (χ1) is 9.26. The van der Waals surface area contributed by atoms with E-state index in [1.165, 1.54) is 6.20 Å². The van der Waals surface area contributed by atoms with E-state index in [1.54, 1.807) is 12.1 Å². The molecule has 0 aliphatic heterocycles. The van der Waals surface area contributed by atoms with Crippen molar-refractivity contribution in [2.45, 2.75) is 0 Å². The van der Waals surface area contributed by atoms with Gasteiger partial charge in [0.25, 0.3) is 5.56 Å². The van der Waals surface area contributed by atoms with E-state index in [2.05, 4.69) is 15.5 Å². The summed E-state index contributed by atoms with van der Waals surface area (Å²) in [6.07, 6.45) is 2.51. The highest BCUT2D eigenvalue weighted by atomic mass is 16.4. The van der Waals surface area contributed by atoms with Crippen molar-refractivity contribution < 1.29 is 5.21 Å². The van der Waals surface area contributed by atoms with Crippen molar-refractivity contribution in [1.29, 1.82) is 5.26 Å². The second-order valence-corrected chi connectivity index (χ2v) is 3.67. The molecule has 0 fully saturated rings. The number of aromatic amines is 1. The largest absolute Gasteiger partial charge is 0.411 e. The lowest BCUT2D eigenvalue weighted by Gasteiger charge is -2.10. The molecule has 0 spiro atoms. The van der Waals surface area contributed by atoms with Gasteiger partial charge in [-0.25, -0.2) is 0 Å². The summed E-state index contributed by atoms with van der Waals surface area (Å²) in [6, 6.07) is 10.9. The SMILES string of the molecule is N#Cc1c(Nc2ccccc2)c(/C=N\O)c[nH]c1=O. The molecule has 2 rings (SSSR count). The molecule has 0 saturated heterocycles. The monoisotopic (exact) mass is 254 g/mol. The first-order valence-corrected chi connectivity index (χ1v) is 5.41. The van der Waals surface area contributed by atoms with Gasteiger partial charge in [-0.15, -0.1) is 0 Å². The van der Waals surface area contributed by atoms with Crippen LogP contribution in [0.4, 0.5) is 11.4 Å². The lowest BCUT2D eigenvalue weighted by Crippen LogP contribution is -2.14. The second-order valence-electron chi connectivity index (χ2n) is 3.67. The summed E-state index contributed by atoms with van der Waals surface area (Å²) >= 11 is 0. The molecule has 1 aromatic carbocycles. The molecule has 0 unspecified atom stereocenters. The average Bonchev–Trinajstić information content (AvgIpc) is 2.43. The molecule has 0 radical (unpaired) electrons. The lowest BCUT2D eigenvalue weighted by molar-refractivity contribution is 0.322. The summed E-state index contributed by atoms with van der Waals surface area (Å²) in [7, 11) is 0. The molecule has 1 aromatic heterocycles. The predicted molar refractivity (Wildman–Crippen MR) is 70.9 cm³/mol. The van der Waals surface area contributed by atoms with Gasteiger partial charge >= 0.3 is 0 Å². The molecular formula is C13H10N4O2. The molecule has 0 bridgehead atoms. The zero-order valence-electron chi connectivity index (χ0n) is 9.79. The number of aromatic nitrogens is 1. The number of nitrogens with one attached hydrogen (secondary N) is 2. The van der Waals surface area contributed by atoms with Gasteiger partial charge in [0.1, 0.15) is 11.6 Å². The topological polar surface area (TPSA) is 101 Å². The van der Waals surface area contributed by atoms with Crippen molar-refractivity contribution in [3.63, 3.8) is 0 Å². The van der Waals surface area contributed by atoms with Crippen LogP contribution in [0.15, 0.2) is 46.5 Å². The molecule has 19 heavy (non-hydrogen) atoms. The molecule has 3 N–H and O–H groups in total. The first kappa shape index (κ1) is 12.4. The van der Waals surface area contributed by atoms with Crippen LogP contribution in [0.5, 0.6) is 0 Å². The van der Waals surface area contributed by atoms with Gasteiger partial charge in [0.2, 0.25) is 0 Å². The highest BCUT2D eigenvalue weighted by molar-refractivity contribution is 5.90. The summed E-state index contributed by atoms with van der Waals surface area (Å²) in [6.45, 7) is 0. The quantitative estimate of drug-likeness (QED) is 0.441. The van der Waals surface area contributed by atoms with Crippen LogP contribution in [0.3, 0.4) is 0 Å². The molecule has 0 atom stereocenters. The third-order valence-corrected chi connectivity index (χ3v) is 2.48. The van der Waals surface area contributed by atoms with Crippen LogP contribution >= 0.6 is 0 Å². The molecule has 6 nitrogen and oxygen atoms in total. The van der Waals surface area contributed by atoms with E-state index >= 15 is 0 Å². The number of hydrogen-bond donors (Lipinski definition) is 3. The van der Waals surface area contributed by atoms with Crippen LogP contribution in [0.25, 0.3) is 0 Å². The van der Waals surface area contributed by atoms with Crippen LogP contribution in [0.2, 0.25) is 0 Å². The van der Waals surface area contributed by atoms with E-state index in [0.29, 0.717) is 11.3 Å². The number of benzene rings is 1. The summed E-state index contributed by atoms with van der Waals surface area (Å²) < 4.78 is 0. The number of hydrogen-bond acceptors (Lipinski definition) is 5. The highest BCUT2D eigenvalue weighted by Crippen LogP contribution is 2.20. The van der Waals surface area contributed by atoms with Gasteiger partial charge in [-0.1, -0.05) is 23.4 Å². The molecular weight excluding hydrogens is 244 g/mol. The number of nitrogens with zero attached hydrogens (tertiary/aromatic N) is 2. The standard InChI is InChI=1S/C13H10N4O2/c14-6-11-12(17-10-4-2-1-3-5-10)9(8-16-19)7-15-13(11)18/h1-5,7-8,19H,(H2,15,17,18)/b16-8-. The number of H-pyrrole nitrogens is 1. The Morgan fingerprint density at radius 3 is 2.74 bits per heavy atom. The maximum absolute atomic E-state index is 11.6. The molecule has 0 aliphatic rings. The van der Waals surface area contributed by atoms with Gasteiger partial charge in [0.05, 0.1) is 11.9 Å². The van der Waals surface area contributed by atoms with Crippen LogP contribution in [0, 0.1) is 11.3 Å². The predicted octanol–water partition coefficient (Wildman–Crippen LogP) is 1.80. The summed E-state index contributed by atoms with van der Waals surface area (Å²) in [5.74, 6) is 0. The average molecular weight is 254 g/mol. The van der Waals surface area contributed by atoms with Gasteiger partial charge < -0.3 is 15.5 Å². The third-order valence-electron chi connectivity index (χ3n) is 2.48. The summed E-state index contributed by atoms with van der Waals surface area (Å²) in [5.41, 5.74) is 0.854. The molecule has 0 saturated carbocycles. The number of para-hydroxylation sites is 1. The lowest BCUT2D eigenvalue weighted by atomic mass is 10.1. The Balaban J connectivity index is 2.56. The minimum atomic E-state index is -0.504. The van der Waals surface area contributed by atoms with Crippen molar-refractivity contribution in [1.82, 2.24) is 4.98 Å². The number of anilines is 2. The molecule has 0 aliphatic carbocycles. The van der Waals surface area contributed by atoms with Gasteiger partial charge in [0, 0.05) is 17.4 Å². The normalized spacial score (nSPS) is 10.3. The van der Waals surface area contributed by atoms with Gasteiger partial charge in [-0.05, 0) is 12.1 Å². The number of nitriles is 1. The van der Waals surface area contributed by atoms with E-state index < -0.39 is 5.56 Å².